The minimum absolute atomic E-state index is 0.461. The van der Waals surface area contributed by atoms with E-state index in [-0.39, 0.29) is 0 Å². The second-order valence-corrected chi connectivity index (χ2v) is 5.72. The van der Waals surface area contributed by atoms with Gasteiger partial charge in [-0.3, -0.25) is 10.1 Å². The highest BCUT2D eigenvalue weighted by Gasteiger charge is 2.19. The molecule has 2 aromatic rings. The van der Waals surface area contributed by atoms with Gasteiger partial charge in [0.25, 0.3) is 5.91 Å². The number of urea groups is 1. The second kappa shape index (κ2) is 6.87. The molecule has 0 heterocycles. The number of hydrogen-bond acceptors (Lipinski definition) is 2. The van der Waals surface area contributed by atoms with E-state index in [0.29, 0.717) is 5.69 Å². The molecule has 7 heteroatoms. The van der Waals surface area contributed by atoms with Crippen LogP contribution in [0.15, 0.2) is 34.8 Å². The zero-order valence-electron chi connectivity index (χ0n) is 12.3. The van der Waals surface area contributed by atoms with Gasteiger partial charge in [0.15, 0.2) is 0 Å². The summed E-state index contributed by atoms with van der Waals surface area (Å²) in [4.78, 5) is 23.6. The molecule has 0 bridgehead atoms. The minimum Gasteiger partial charge on any atom is -0.308 e. The average molecular weight is 383 g/mol. The highest BCUT2D eigenvalue weighted by molar-refractivity contribution is 9.10. The molecule has 0 atom stereocenters. The van der Waals surface area contributed by atoms with Crippen LogP contribution >= 0.6 is 15.9 Å². The van der Waals surface area contributed by atoms with Crippen LogP contribution in [0, 0.1) is 25.5 Å². The third-order valence-corrected chi connectivity index (χ3v) is 4.36. The van der Waals surface area contributed by atoms with Gasteiger partial charge in [0.05, 0.1) is 0 Å². The zero-order chi connectivity index (χ0) is 17.1. The van der Waals surface area contributed by atoms with Crippen molar-refractivity contribution in [3.63, 3.8) is 0 Å². The predicted octanol–water partition coefficient (Wildman–Crippen LogP) is 4.31. The Kier molecular flexibility index (Phi) is 5.10. The Morgan fingerprint density at radius 2 is 1.57 bits per heavy atom. The van der Waals surface area contributed by atoms with Crippen LogP contribution in [-0.2, 0) is 0 Å². The van der Waals surface area contributed by atoms with Crippen LogP contribution in [0.1, 0.15) is 21.5 Å². The molecule has 2 N–H and O–H groups in total. The molecule has 0 saturated heterocycles. The maximum atomic E-state index is 13.5. The molecule has 0 unspecified atom stereocenters. The van der Waals surface area contributed by atoms with E-state index in [4.69, 9.17) is 0 Å². The number of carbonyl (C=O) groups is 2. The SMILES string of the molecule is Cc1cc(NC(=O)NC(=O)c2c(F)cccc2F)cc(C)c1Br. The van der Waals surface area contributed by atoms with Gasteiger partial charge in [-0.05, 0) is 49.2 Å². The van der Waals surface area contributed by atoms with Crippen molar-refractivity contribution in [3.8, 4) is 0 Å². The number of aryl methyl sites for hydroxylation is 2. The Bertz CT molecular complexity index is 750. The van der Waals surface area contributed by atoms with Crippen molar-refractivity contribution in [2.75, 3.05) is 5.32 Å². The Morgan fingerprint density at radius 1 is 1.04 bits per heavy atom. The molecule has 0 saturated carbocycles. The van der Waals surface area contributed by atoms with E-state index in [1.165, 1.54) is 0 Å². The second-order valence-electron chi connectivity index (χ2n) is 4.93. The van der Waals surface area contributed by atoms with Gasteiger partial charge in [0.1, 0.15) is 17.2 Å². The maximum absolute atomic E-state index is 13.5. The fraction of sp³-hybridized carbons (Fsp3) is 0.125. The lowest BCUT2D eigenvalue weighted by atomic mass is 10.1. The van der Waals surface area contributed by atoms with Gasteiger partial charge in [-0.1, -0.05) is 22.0 Å². The van der Waals surface area contributed by atoms with Gasteiger partial charge >= 0.3 is 6.03 Å². The summed E-state index contributed by atoms with van der Waals surface area (Å²) in [7, 11) is 0. The van der Waals surface area contributed by atoms with E-state index >= 15 is 0 Å². The fourth-order valence-corrected chi connectivity index (χ4v) is 2.29. The molecule has 0 radical (unpaired) electrons. The lowest BCUT2D eigenvalue weighted by Crippen LogP contribution is -2.35. The number of amides is 3. The largest absolute Gasteiger partial charge is 0.326 e. The molecule has 0 aliphatic rings. The van der Waals surface area contributed by atoms with Gasteiger partial charge in [-0.2, -0.15) is 0 Å². The molecule has 0 spiro atoms. The molecule has 0 aromatic heterocycles. The van der Waals surface area contributed by atoms with E-state index in [1.807, 2.05) is 19.2 Å². The normalized spacial score (nSPS) is 10.3. The molecule has 120 valence electrons. The van der Waals surface area contributed by atoms with Gasteiger partial charge in [0.2, 0.25) is 0 Å². The van der Waals surface area contributed by atoms with Gasteiger partial charge in [-0.25, -0.2) is 13.6 Å². The minimum atomic E-state index is -1.15. The number of hydrogen-bond donors (Lipinski definition) is 2. The van der Waals surface area contributed by atoms with E-state index in [1.54, 1.807) is 12.1 Å². The summed E-state index contributed by atoms with van der Waals surface area (Å²) in [5, 5.41) is 4.35. The number of carbonyl (C=O) groups excluding carboxylic acids is 2. The molecule has 4 nitrogen and oxygen atoms in total. The van der Waals surface area contributed by atoms with E-state index < -0.39 is 29.1 Å². The van der Waals surface area contributed by atoms with Gasteiger partial charge in [0, 0.05) is 10.2 Å². The number of rotatable bonds is 2. The Hall–Kier alpha value is -2.28. The van der Waals surface area contributed by atoms with Crippen molar-refractivity contribution < 1.29 is 18.4 Å². The van der Waals surface area contributed by atoms with Gasteiger partial charge < -0.3 is 5.32 Å². The molecule has 2 aromatic carbocycles. The molecule has 23 heavy (non-hydrogen) atoms. The van der Waals surface area contributed by atoms with Crippen LogP contribution in [0.25, 0.3) is 0 Å². The molecule has 2 rings (SSSR count). The Morgan fingerprint density at radius 3 is 2.09 bits per heavy atom. The number of nitrogens with one attached hydrogen (secondary N) is 2. The van der Waals surface area contributed by atoms with Crippen molar-refractivity contribution in [3.05, 3.63) is 63.1 Å². The highest BCUT2D eigenvalue weighted by Crippen LogP contribution is 2.24. The average Bonchev–Trinajstić information content (AvgIpc) is 2.44. The van der Waals surface area contributed by atoms with Crippen LogP contribution in [0.5, 0.6) is 0 Å². The van der Waals surface area contributed by atoms with Crippen LogP contribution in [0.2, 0.25) is 0 Å². The lowest BCUT2D eigenvalue weighted by Gasteiger charge is -2.10. The zero-order valence-corrected chi connectivity index (χ0v) is 13.9. The predicted molar refractivity (Wildman–Crippen MR) is 86.5 cm³/mol. The summed E-state index contributed by atoms with van der Waals surface area (Å²) in [5.74, 6) is -3.22. The number of benzene rings is 2. The summed E-state index contributed by atoms with van der Waals surface area (Å²) in [6, 6.07) is 5.54. The van der Waals surface area contributed by atoms with Crippen molar-refractivity contribution in [2.45, 2.75) is 13.8 Å². The molecule has 0 aliphatic heterocycles. The summed E-state index contributed by atoms with van der Waals surface area (Å²) >= 11 is 3.40. The molecule has 0 aliphatic carbocycles. The first-order chi connectivity index (χ1) is 10.8. The topological polar surface area (TPSA) is 58.2 Å². The Labute approximate surface area is 140 Å². The maximum Gasteiger partial charge on any atom is 0.326 e. The Balaban J connectivity index is 2.12. The van der Waals surface area contributed by atoms with E-state index in [0.717, 1.165) is 33.8 Å². The first-order valence-electron chi connectivity index (χ1n) is 6.62. The van der Waals surface area contributed by atoms with Crippen molar-refractivity contribution in [1.29, 1.82) is 0 Å². The highest BCUT2D eigenvalue weighted by atomic mass is 79.9. The van der Waals surface area contributed by atoms with E-state index in [2.05, 4.69) is 21.2 Å². The van der Waals surface area contributed by atoms with E-state index in [9.17, 15) is 18.4 Å². The van der Waals surface area contributed by atoms with Crippen LogP contribution in [-0.4, -0.2) is 11.9 Å². The van der Waals surface area contributed by atoms with Crippen molar-refractivity contribution >= 4 is 33.6 Å². The van der Waals surface area contributed by atoms with Gasteiger partial charge in [-0.15, -0.1) is 0 Å². The molecular formula is C16H13BrF2N2O2. The summed E-state index contributed by atoms with van der Waals surface area (Å²) in [5.41, 5.74) is 1.45. The number of anilines is 1. The van der Waals surface area contributed by atoms with Crippen molar-refractivity contribution in [1.82, 2.24) is 5.32 Å². The summed E-state index contributed by atoms with van der Waals surface area (Å²) in [6.45, 7) is 3.69. The lowest BCUT2D eigenvalue weighted by molar-refractivity contribution is 0.0959. The number of imide groups is 1. The molecule has 3 amide bonds. The summed E-state index contributed by atoms with van der Waals surface area (Å²) in [6.07, 6.45) is 0. The van der Waals surface area contributed by atoms with Crippen molar-refractivity contribution in [2.24, 2.45) is 0 Å². The molecule has 0 fully saturated rings. The quantitative estimate of drug-likeness (QED) is 0.812. The van der Waals surface area contributed by atoms with Crippen LogP contribution < -0.4 is 10.6 Å². The first-order valence-corrected chi connectivity index (χ1v) is 7.42. The van der Waals surface area contributed by atoms with Crippen LogP contribution in [0.4, 0.5) is 19.3 Å². The van der Waals surface area contributed by atoms with Crippen LogP contribution in [0.3, 0.4) is 0 Å². The monoisotopic (exact) mass is 382 g/mol. The fourth-order valence-electron chi connectivity index (χ4n) is 2.06. The smallest absolute Gasteiger partial charge is 0.308 e. The number of halogens is 3. The standard InChI is InChI=1S/C16H13BrF2N2O2/c1-8-6-10(7-9(2)14(8)17)20-16(23)21-15(22)13-11(18)4-3-5-12(13)19/h3-7H,1-2H3,(H2,20,21,22,23). The third-order valence-electron chi connectivity index (χ3n) is 3.11. The third kappa shape index (κ3) is 3.92. The summed E-state index contributed by atoms with van der Waals surface area (Å²) < 4.78 is 27.9. The molecular weight excluding hydrogens is 370 g/mol. The first kappa shape index (κ1) is 17.1.